The lowest BCUT2D eigenvalue weighted by Gasteiger charge is -2.31. The molecule has 0 saturated carbocycles. The Balaban J connectivity index is 2.28. The number of hydrogen-bond donors (Lipinski definition) is 2. The minimum absolute atomic E-state index is 0.233. The van der Waals surface area contributed by atoms with Crippen molar-refractivity contribution in [1.82, 2.24) is 0 Å². The topological polar surface area (TPSA) is 92.7 Å². The maximum Gasteiger partial charge on any atom is 0.339 e. The number of carbonyl (C=O) groups is 3. The van der Waals surface area contributed by atoms with Crippen molar-refractivity contribution < 1.29 is 24.2 Å². The van der Waals surface area contributed by atoms with E-state index in [1.807, 2.05) is 13.0 Å². The Bertz CT molecular complexity index is 694. The number of hydrogen-bond acceptors (Lipinski definition) is 4. The smallest absolute Gasteiger partial charge is 0.339 e. The Labute approximate surface area is 140 Å². The third kappa shape index (κ3) is 3.64. The van der Waals surface area contributed by atoms with Crippen LogP contribution in [0.1, 0.15) is 30.6 Å². The van der Waals surface area contributed by atoms with Gasteiger partial charge in [0.05, 0.1) is 30.2 Å². The van der Waals surface area contributed by atoms with Crippen molar-refractivity contribution in [3.05, 3.63) is 41.5 Å². The van der Waals surface area contributed by atoms with E-state index in [9.17, 15) is 19.5 Å². The van der Waals surface area contributed by atoms with Gasteiger partial charge in [-0.2, -0.15) is 0 Å². The van der Waals surface area contributed by atoms with Crippen LogP contribution in [0.25, 0.3) is 0 Å². The number of esters is 1. The van der Waals surface area contributed by atoms with Crippen molar-refractivity contribution in [3.63, 3.8) is 0 Å². The number of aliphatic carboxylic acids is 1. The molecule has 0 aromatic heterocycles. The first kappa shape index (κ1) is 17.7. The van der Waals surface area contributed by atoms with Gasteiger partial charge in [-0.1, -0.05) is 30.7 Å². The normalized spacial score (nSPS) is 23.1. The van der Waals surface area contributed by atoms with Crippen LogP contribution in [-0.2, 0) is 14.3 Å². The first-order chi connectivity index (χ1) is 11.3. The monoisotopic (exact) mass is 331 g/mol. The molecule has 3 atom stereocenters. The minimum atomic E-state index is -0.993. The molecule has 0 unspecified atom stereocenters. The molecule has 0 bridgehead atoms. The van der Waals surface area contributed by atoms with E-state index in [0.29, 0.717) is 12.1 Å². The van der Waals surface area contributed by atoms with Crippen molar-refractivity contribution in [2.45, 2.75) is 20.3 Å². The molecule has 6 nitrogen and oxygen atoms in total. The molecule has 0 heterocycles. The molecule has 1 aliphatic rings. The zero-order valence-electron chi connectivity index (χ0n) is 13.9. The van der Waals surface area contributed by atoms with Gasteiger partial charge in [0.2, 0.25) is 5.91 Å². The van der Waals surface area contributed by atoms with Crippen LogP contribution in [0.5, 0.6) is 0 Å². The van der Waals surface area contributed by atoms with Gasteiger partial charge < -0.3 is 15.2 Å². The van der Waals surface area contributed by atoms with E-state index in [0.717, 1.165) is 5.57 Å². The quantitative estimate of drug-likeness (QED) is 0.654. The molecule has 1 aliphatic carbocycles. The van der Waals surface area contributed by atoms with Crippen molar-refractivity contribution in [2.75, 3.05) is 12.4 Å². The Kier molecular flexibility index (Phi) is 5.39. The molecule has 0 aliphatic heterocycles. The number of carboxylic acid groups (broad SMARTS) is 1. The number of rotatable bonds is 4. The second-order valence-electron chi connectivity index (χ2n) is 6.07. The summed E-state index contributed by atoms with van der Waals surface area (Å²) < 4.78 is 4.70. The van der Waals surface area contributed by atoms with E-state index in [1.54, 1.807) is 31.2 Å². The summed E-state index contributed by atoms with van der Waals surface area (Å²) in [5, 5.41) is 12.2. The van der Waals surface area contributed by atoms with E-state index in [-0.39, 0.29) is 11.5 Å². The predicted molar refractivity (Wildman–Crippen MR) is 88.6 cm³/mol. The SMILES string of the molecule is COC(=O)c1ccccc1NC(=O)[C@@H]1CC(C)=C[C@@H](C)[C@H]1C(=O)O. The number of nitrogens with one attached hydrogen (secondary N) is 1. The maximum absolute atomic E-state index is 12.7. The number of benzene rings is 1. The Hall–Kier alpha value is -2.63. The lowest BCUT2D eigenvalue weighted by molar-refractivity contribution is -0.148. The number of allylic oxidation sites excluding steroid dienone is 2. The summed E-state index contributed by atoms with van der Waals surface area (Å²) in [5.41, 5.74) is 1.54. The molecule has 128 valence electrons. The summed E-state index contributed by atoms with van der Waals surface area (Å²) in [6.07, 6.45) is 2.28. The van der Waals surface area contributed by atoms with Crippen LogP contribution in [0.15, 0.2) is 35.9 Å². The zero-order valence-corrected chi connectivity index (χ0v) is 13.9. The molecule has 2 N–H and O–H groups in total. The fraction of sp³-hybridized carbons (Fsp3) is 0.389. The van der Waals surface area contributed by atoms with Gasteiger partial charge in [-0.05, 0) is 31.4 Å². The van der Waals surface area contributed by atoms with Crippen LogP contribution in [0, 0.1) is 17.8 Å². The highest BCUT2D eigenvalue weighted by molar-refractivity contribution is 6.02. The Morgan fingerprint density at radius 3 is 2.54 bits per heavy atom. The lowest BCUT2D eigenvalue weighted by Crippen LogP contribution is -2.39. The average Bonchev–Trinajstić information content (AvgIpc) is 2.53. The second-order valence-corrected chi connectivity index (χ2v) is 6.07. The standard InChI is InChI=1S/C18H21NO5/c1-10-8-11(2)15(17(21)22)13(9-10)16(20)19-14-7-5-4-6-12(14)18(23)24-3/h4-8,11,13,15H,9H2,1-3H3,(H,19,20)(H,21,22)/t11-,13-,15-/m1/s1. The van der Waals surface area contributed by atoms with Crippen LogP contribution in [-0.4, -0.2) is 30.1 Å². The van der Waals surface area contributed by atoms with Gasteiger partial charge in [-0.25, -0.2) is 4.79 Å². The predicted octanol–water partition coefficient (Wildman–Crippen LogP) is 2.71. The molecule has 6 heteroatoms. The van der Waals surface area contributed by atoms with E-state index >= 15 is 0 Å². The molecule has 0 saturated heterocycles. The molecule has 0 spiro atoms. The fourth-order valence-corrected chi connectivity index (χ4v) is 3.22. The van der Waals surface area contributed by atoms with E-state index in [1.165, 1.54) is 7.11 Å². The van der Waals surface area contributed by atoms with Gasteiger partial charge >= 0.3 is 11.9 Å². The highest BCUT2D eigenvalue weighted by atomic mass is 16.5. The van der Waals surface area contributed by atoms with Crippen LogP contribution in [0.3, 0.4) is 0 Å². The fourth-order valence-electron chi connectivity index (χ4n) is 3.22. The first-order valence-corrected chi connectivity index (χ1v) is 7.73. The molecule has 24 heavy (non-hydrogen) atoms. The summed E-state index contributed by atoms with van der Waals surface area (Å²) >= 11 is 0. The van der Waals surface area contributed by atoms with Crippen molar-refractivity contribution in [2.24, 2.45) is 17.8 Å². The lowest BCUT2D eigenvalue weighted by atomic mass is 9.73. The summed E-state index contributed by atoms with van der Waals surface area (Å²) in [4.78, 5) is 36.1. The van der Waals surface area contributed by atoms with Crippen LogP contribution in [0.4, 0.5) is 5.69 Å². The van der Waals surface area contributed by atoms with Crippen molar-refractivity contribution >= 4 is 23.5 Å². The minimum Gasteiger partial charge on any atom is -0.481 e. The number of amides is 1. The van der Waals surface area contributed by atoms with Crippen molar-refractivity contribution in [3.8, 4) is 0 Å². The third-order valence-electron chi connectivity index (χ3n) is 4.30. The number of para-hydroxylation sites is 1. The molecule has 1 aromatic rings. The van der Waals surface area contributed by atoms with Gasteiger partial charge in [-0.15, -0.1) is 0 Å². The third-order valence-corrected chi connectivity index (χ3v) is 4.30. The summed E-state index contributed by atoms with van der Waals surface area (Å²) in [6, 6.07) is 6.49. The highest BCUT2D eigenvalue weighted by Crippen LogP contribution is 2.35. The second kappa shape index (κ2) is 7.29. The summed E-state index contributed by atoms with van der Waals surface area (Å²) in [6.45, 7) is 3.68. The highest BCUT2D eigenvalue weighted by Gasteiger charge is 2.39. The maximum atomic E-state index is 12.7. The Morgan fingerprint density at radius 2 is 1.92 bits per heavy atom. The Morgan fingerprint density at radius 1 is 1.25 bits per heavy atom. The summed E-state index contributed by atoms with van der Waals surface area (Å²) in [5.74, 6) is -3.67. The largest absolute Gasteiger partial charge is 0.481 e. The van der Waals surface area contributed by atoms with Gasteiger partial charge in [0.15, 0.2) is 0 Å². The molecule has 1 amide bonds. The molecular formula is C18H21NO5. The number of methoxy groups -OCH3 is 1. The number of carbonyl (C=O) groups excluding carboxylic acids is 2. The molecule has 0 fully saturated rings. The van der Waals surface area contributed by atoms with Crippen LogP contribution < -0.4 is 5.32 Å². The zero-order chi connectivity index (χ0) is 17.9. The summed E-state index contributed by atoms with van der Waals surface area (Å²) in [7, 11) is 1.26. The number of carboxylic acids is 1. The first-order valence-electron chi connectivity index (χ1n) is 7.73. The van der Waals surface area contributed by atoms with Crippen LogP contribution >= 0.6 is 0 Å². The van der Waals surface area contributed by atoms with Crippen molar-refractivity contribution in [1.29, 1.82) is 0 Å². The molecule has 1 aromatic carbocycles. The van der Waals surface area contributed by atoms with Gasteiger partial charge in [-0.3, -0.25) is 9.59 Å². The molecule has 2 rings (SSSR count). The van der Waals surface area contributed by atoms with Gasteiger partial charge in [0.1, 0.15) is 0 Å². The van der Waals surface area contributed by atoms with E-state index in [2.05, 4.69) is 5.32 Å². The van der Waals surface area contributed by atoms with Crippen LogP contribution in [0.2, 0.25) is 0 Å². The van der Waals surface area contributed by atoms with E-state index in [4.69, 9.17) is 4.74 Å². The van der Waals surface area contributed by atoms with Gasteiger partial charge in [0, 0.05) is 0 Å². The molecule has 0 radical (unpaired) electrons. The van der Waals surface area contributed by atoms with Gasteiger partial charge in [0.25, 0.3) is 0 Å². The number of ether oxygens (including phenoxy) is 1. The van der Waals surface area contributed by atoms with E-state index < -0.39 is 29.7 Å². The molecular weight excluding hydrogens is 310 g/mol. The number of anilines is 1. The average molecular weight is 331 g/mol.